The highest BCUT2D eigenvalue weighted by molar-refractivity contribution is 5.54. The second kappa shape index (κ2) is 6.83. The summed E-state index contributed by atoms with van der Waals surface area (Å²) < 4.78 is 5.39. The summed E-state index contributed by atoms with van der Waals surface area (Å²) in [4.78, 5) is 4.32. The van der Waals surface area contributed by atoms with Gasteiger partial charge in [0.2, 0.25) is 0 Å². The first-order chi connectivity index (χ1) is 7.80. The van der Waals surface area contributed by atoms with Gasteiger partial charge in [-0.2, -0.15) is 0 Å². The van der Waals surface area contributed by atoms with Gasteiger partial charge in [0.05, 0.1) is 12.6 Å². The van der Waals surface area contributed by atoms with Gasteiger partial charge in [0.25, 0.3) is 0 Å². The van der Waals surface area contributed by atoms with E-state index < -0.39 is 0 Å². The number of benzene rings is 1. The van der Waals surface area contributed by atoms with E-state index in [1.807, 2.05) is 38.3 Å². The number of hydrogen-bond acceptors (Lipinski definition) is 2. The Morgan fingerprint density at radius 1 is 1.38 bits per heavy atom. The maximum Gasteiger partial charge on any atom is 0.119 e. The van der Waals surface area contributed by atoms with Gasteiger partial charge >= 0.3 is 0 Å². The monoisotopic (exact) mass is 217 g/mol. The van der Waals surface area contributed by atoms with Crippen LogP contribution in [0.2, 0.25) is 0 Å². The van der Waals surface area contributed by atoms with E-state index in [9.17, 15) is 0 Å². The van der Waals surface area contributed by atoms with Gasteiger partial charge in [-0.05, 0) is 44.2 Å². The average Bonchev–Trinajstić information content (AvgIpc) is 2.31. The predicted octanol–water partition coefficient (Wildman–Crippen LogP) is 3.27. The highest BCUT2D eigenvalue weighted by atomic mass is 16.5. The second-order valence-corrected chi connectivity index (χ2v) is 3.49. The molecule has 0 saturated carbocycles. The van der Waals surface area contributed by atoms with Crippen LogP contribution in [0.1, 0.15) is 19.4 Å². The van der Waals surface area contributed by atoms with Crippen LogP contribution in [-0.2, 0) is 6.42 Å². The van der Waals surface area contributed by atoms with Crippen LogP contribution in [0.25, 0.3) is 0 Å². The van der Waals surface area contributed by atoms with E-state index >= 15 is 0 Å². The molecule has 0 bridgehead atoms. The summed E-state index contributed by atoms with van der Waals surface area (Å²) in [5.41, 5.74) is 1.25. The number of hydrogen-bond donors (Lipinski definition) is 0. The Morgan fingerprint density at radius 3 is 2.56 bits per heavy atom. The molecular weight excluding hydrogens is 198 g/mol. The summed E-state index contributed by atoms with van der Waals surface area (Å²) in [7, 11) is 0. The lowest BCUT2D eigenvalue weighted by molar-refractivity contribution is 0.340. The van der Waals surface area contributed by atoms with Crippen LogP contribution >= 0.6 is 0 Å². The quantitative estimate of drug-likeness (QED) is 0.529. The Hall–Kier alpha value is -1.57. The first-order valence-electron chi connectivity index (χ1n) is 5.62. The summed E-state index contributed by atoms with van der Waals surface area (Å²) in [5, 5.41) is 0. The number of rotatable bonds is 6. The third kappa shape index (κ3) is 3.89. The Morgan fingerprint density at radius 2 is 2.06 bits per heavy atom. The Kier molecular flexibility index (Phi) is 5.34. The molecule has 1 aromatic rings. The number of nitrogens with zero attached hydrogens (tertiary/aromatic N) is 1. The van der Waals surface area contributed by atoms with Crippen molar-refractivity contribution < 1.29 is 4.74 Å². The number of ether oxygens (including phenoxy) is 1. The van der Waals surface area contributed by atoms with Crippen LogP contribution in [0.3, 0.4) is 0 Å². The van der Waals surface area contributed by atoms with Crippen molar-refractivity contribution in [3.8, 4) is 5.75 Å². The zero-order valence-electron chi connectivity index (χ0n) is 10.0. The van der Waals surface area contributed by atoms with Crippen molar-refractivity contribution in [3.05, 3.63) is 42.5 Å². The van der Waals surface area contributed by atoms with Gasteiger partial charge in [0.1, 0.15) is 5.75 Å². The molecule has 0 saturated heterocycles. The molecule has 0 N–H and O–H groups in total. The molecule has 0 aromatic heterocycles. The minimum Gasteiger partial charge on any atom is -0.494 e. The molecule has 0 aliphatic carbocycles. The molecule has 0 radical (unpaired) electrons. The molecule has 0 amide bonds. The molecule has 2 nitrogen and oxygen atoms in total. The van der Waals surface area contributed by atoms with Crippen LogP contribution in [-0.4, -0.2) is 18.9 Å². The standard InChI is InChI=1S/C14H19NO/c1-4-13(15-5-2)11-12-7-9-14(10-8-12)16-6-3/h4-5,7-10,13H,1,6,11H2,2-3H3. The van der Waals surface area contributed by atoms with Crippen molar-refractivity contribution in [2.75, 3.05) is 6.61 Å². The van der Waals surface area contributed by atoms with E-state index in [1.54, 1.807) is 0 Å². The zero-order chi connectivity index (χ0) is 11.8. The van der Waals surface area contributed by atoms with Gasteiger partial charge in [0, 0.05) is 0 Å². The average molecular weight is 217 g/mol. The molecule has 0 aliphatic rings. The van der Waals surface area contributed by atoms with Gasteiger partial charge in [-0.15, -0.1) is 6.58 Å². The van der Waals surface area contributed by atoms with Gasteiger partial charge in [0.15, 0.2) is 0 Å². The smallest absolute Gasteiger partial charge is 0.119 e. The summed E-state index contributed by atoms with van der Waals surface area (Å²) in [6, 6.07) is 8.31. The Balaban J connectivity index is 2.63. The molecule has 0 fully saturated rings. The summed E-state index contributed by atoms with van der Waals surface area (Å²) in [5.74, 6) is 0.917. The third-order valence-electron chi connectivity index (χ3n) is 2.29. The predicted molar refractivity (Wildman–Crippen MR) is 69.5 cm³/mol. The van der Waals surface area contributed by atoms with Gasteiger partial charge in [-0.3, -0.25) is 4.99 Å². The van der Waals surface area contributed by atoms with Gasteiger partial charge < -0.3 is 4.74 Å². The zero-order valence-corrected chi connectivity index (χ0v) is 10.0. The lowest BCUT2D eigenvalue weighted by Gasteiger charge is -2.08. The highest BCUT2D eigenvalue weighted by Crippen LogP contribution is 2.14. The van der Waals surface area contributed by atoms with Gasteiger partial charge in [-0.1, -0.05) is 18.2 Å². The molecule has 86 valence electrons. The van der Waals surface area contributed by atoms with Crippen molar-refractivity contribution >= 4 is 6.21 Å². The Labute approximate surface area is 97.7 Å². The molecule has 0 heterocycles. The van der Waals surface area contributed by atoms with E-state index in [-0.39, 0.29) is 6.04 Å². The molecule has 0 aliphatic heterocycles. The van der Waals surface area contributed by atoms with Crippen LogP contribution in [0.4, 0.5) is 0 Å². The van der Waals surface area contributed by atoms with Crippen molar-refractivity contribution in [2.24, 2.45) is 4.99 Å². The fraction of sp³-hybridized carbons (Fsp3) is 0.357. The largest absolute Gasteiger partial charge is 0.494 e. The summed E-state index contributed by atoms with van der Waals surface area (Å²) in [6.07, 6.45) is 4.58. The van der Waals surface area contributed by atoms with Crippen LogP contribution in [0.5, 0.6) is 5.75 Å². The molecule has 2 heteroatoms. The van der Waals surface area contributed by atoms with E-state index in [4.69, 9.17) is 4.74 Å². The van der Waals surface area contributed by atoms with Crippen LogP contribution in [0, 0.1) is 0 Å². The topological polar surface area (TPSA) is 21.6 Å². The van der Waals surface area contributed by atoms with Crippen LogP contribution < -0.4 is 4.74 Å². The summed E-state index contributed by atoms with van der Waals surface area (Å²) in [6.45, 7) is 8.40. The van der Waals surface area contributed by atoms with Crippen molar-refractivity contribution in [3.63, 3.8) is 0 Å². The van der Waals surface area contributed by atoms with Crippen molar-refractivity contribution in [1.82, 2.24) is 0 Å². The minimum atomic E-state index is 0.169. The molecule has 1 aromatic carbocycles. The fourth-order valence-corrected chi connectivity index (χ4v) is 1.52. The summed E-state index contributed by atoms with van der Waals surface area (Å²) >= 11 is 0. The lowest BCUT2D eigenvalue weighted by Crippen LogP contribution is -2.04. The Bertz CT molecular complexity index is 340. The second-order valence-electron chi connectivity index (χ2n) is 3.49. The normalized spacial score (nSPS) is 12.6. The first kappa shape index (κ1) is 12.5. The minimum absolute atomic E-state index is 0.169. The molecule has 1 unspecified atom stereocenters. The van der Waals surface area contributed by atoms with Crippen molar-refractivity contribution in [1.29, 1.82) is 0 Å². The molecule has 16 heavy (non-hydrogen) atoms. The molecule has 1 rings (SSSR count). The SMILES string of the molecule is C=CC(Cc1ccc(OCC)cc1)N=CC. The number of aliphatic imine (C=N–C) groups is 1. The van der Waals surface area contributed by atoms with E-state index in [2.05, 4.69) is 23.7 Å². The third-order valence-corrected chi connectivity index (χ3v) is 2.29. The van der Waals surface area contributed by atoms with E-state index in [0.29, 0.717) is 6.61 Å². The van der Waals surface area contributed by atoms with Gasteiger partial charge in [-0.25, -0.2) is 0 Å². The molecular formula is C14H19NO. The maximum absolute atomic E-state index is 5.39. The first-order valence-corrected chi connectivity index (χ1v) is 5.62. The van der Waals surface area contributed by atoms with E-state index in [0.717, 1.165) is 12.2 Å². The highest BCUT2D eigenvalue weighted by Gasteiger charge is 2.02. The molecule has 1 atom stereocenters. The lowest BCUT2D eigenvalue weighted by atomic mass is 10.1. The molecule has 0 spiro atoms. The maximum atomic E-state index is 5.39. The fourth-order valence-electron chi connectivity index (χ4n) is 1.52. The van der Waals surface area contributed by atoms with E-state index in [1.165, 1.54) is 5.56 Å². The van der Waals surface area contributed by atoms with Crippen LogP contribution in [0.15, 0.2) is 41.9 Å². The van der Waals surface area contributed by atoms with Crippen molar-refractivity contribution in [2.45, 2.75) is 26.3 Å².